The van der Waals surface area contributed by atoms with Crippen molar-refractivity contribution in [3.05, 3.63) is 44.7 Å². The zero-order chi connectivity index (χ0) is 18.5. The first kappa shape index (κ1) is 18.4. The van der Waals surface area contributed by atoms with Gasteiger partial charge in [-0.15, -0.1) is 11.3 Å². The molecule has 3 heterocycles. The molecule has 0 radical (unpaired) electrons. The van der Waals surface area contributed by atoms with Crippen molar-refractivity contribution in [1.29, 1.82) is 5.26 Å². The van der Waals surface area contributed by atoms with E-state index in [9.17, 15) is 14.9 Å². The van der Waals surface area contributed by atoms with Crippen molar-refractivity contribution < 1.29 is 9.59 Å². The van der Waals surface area contributed by atoms with Crippen molar-refractivity contribution in [3.63, 3.8) is 0 Å². The number of carbonyl (C=O) groups excluding carboxylic acids is 2. The van der Waals surface area contributed by atoms with Crippen molar-refractivity contribution >= 4 is 44.9 Å². The number of carbonyl (C=O) groups is 2. The Morgan fingerprint density at radius 2 is 2.04 bits per heavy atom. The Hall–Kier alpha value is -2.44. The second-order valence-corrected chi connectivity index (χ2v) is 8.10. The molecular weight excluding hydrogens is 418 g/mol. The highest BCUT2D eigenvalue weighted by atomic mass is 79.9. The van der Waals surface area contributed by atoms with Gasteiger partial charge < -0.3 is 15.1 Å². The average molecular weight is 434 g/mol. The minimum Gasteiger partial charge on any atom is -0.352 e. The Morgan fingerprint density at radius 1 is 1.27 bits per heavy atom. The van der Waals surface area contributed by atoms with Crippen molar-refractivity contribution in [2.45, 2.75) is 0 Å². The maximum atomic E-state index is 12.3. The maximum absolute atomic E-state index is 12.3. The number of nitrogens with zero attached hydrogens (tertiary/aromatic N) is 4. The van der Waals surface area contributed by atoms with Gasteiger partial charge in [0.1, 0.15) is 11.9 Å². The molecule has 0 atom stereocenters. The summed E-state index contributed by atoms with van der Waals surface area (Å²) in [5, 5.41) is 11.8. The number of hydrogen-bond acceptors (Lipinski definition) is 6. The molecule has 134 valence electrons. The van der Waals surface area contributed by atoms with Crippen molar-refractivity contribution in [1.82, 2.24) is 15.2 Å². The molecule has 26 heavy (non-hydrogen) atoms. The number of pyridine rings is 1. The summed E-state index contributed by atoms with van der Waals surface area (Å²) in [6.07, 6.45) is 1.66. The molecule has 0 bridgehead atoms. The number of piperazine rings is 1. The number of anilines is 1. The zero-order valence-corrected chi connectivity index (χ0v) is 16.2. The minimum atomic E-state index is -0.250. The van der Waals surface area contributed by atoms with Gasteiger partial charge >= 0.3 is 0 Å². The molecule has 0 saturated carbocycles. The Labute approximate surface area is 163 Å². The maximum Gasteiger partial charge on any atom is 0.261 e. The normalized spacial score (nSPS) is 14.0. The molecule has 2 aromatic rings. The highest BCUT2D eigenvalue weighted by Gasteiger charge is 2.23. The van der Waals surface area contributed by atoms with Gasteiger partial charge in [-0.1, -0.05) is 0 Å². The number of hydrogen-bond donors (Lipinski definition) is 1. The summed E-state index contributed by atoms with van der Waals surface area (Å²) < 4.78 is 0.872. The number of thiophene rings is 1. The van der Waals surface area contributed by atoms with Crippen LogP contribution in [0.4, 0.5) is 5.82 Å². The van der Waals surface area contributed by atoms with Gasteiger partial charge in [-0.2, -0.15) is 5.26 Å². The first-order chi connectivity index (χ1) is 12.6. The van der Waals surface area contributed by atoms with Crippen LogP contribution in [0.25, 0.3) is 0 Å². The molecule has 1 saturated heterocycles. The molecule has 0 aliphatic carbocycles. The van der Waals surface area contributed by atoms with Crippen LogP contribution in [0.1, 0.15) is 15.2 Å². The molecule has 0 spiro atoms. The number of nitriles is 1. The lowest BCUT2D eigenvalue weighted by atomic mass is 10.2. The number of rotatable bonds is 4. The lowest BCUT2D eigenvalue weighted by Gasteiger charge is -2.35. The third-order valence-corrected chi connectivity index (χ3v) is 5.66. The van der Waals surface area contributed by atoms with Gasteiger partial charge in [0.25, 0.3) is 5.91 Å². The van der Waals surface area contributed by atoms with Crippen LogP contribution in [0.5, 0.6) is 0 Å². The largest absolute Gasteiger partial charge is 0.352 e. The first-order valence-electron chi connectivity index (χ1n) is 8.00. The third kappa shape index (κ3) is 4.20. The van der Waals surface area contributed by atoms with Crippen LogP contribution in [-0.2, 0) is 4.79 Å². The second-order valence-electron chi connectivity index (χ2n) is 5.64. The van der Waals surface area contributed by atoms with Gasteiger partial charge in [-0.25, -0.2) is 4.98 Å². The molecule has 0 aromatic carbocycles. The van der Waals surface area contributed by atoms with Gasteiger partial charge in [0.05, 0.1) is 20.8 Å². The van der Waals surface area contributed by atoms with Gasteiger partial charge in [-0.3, -0.25) is 9.59 Å². The summed E-state index contributed by atoms with van der Waals surface area (Å²) in [6.45, 7) is 2.23. The quantitative estimate of drug-likeness (QED) is 0.794. The number of amides is 2. The van der Waals surface area contributed by atoms with Crippen LogP contribution >= 0.6 is 27.3 Å². The molecule has 1 aliphatic rings. The molecule has 2 aromatic heterocycles. The fraction of sp³-hybridized carbons (Fsp3) is 0.294. The summed E-state index contributed by atoms with van der Waals surface area (Å²) in [5.41, 5.74) is 0.529. The molecule has 7 nitrogen and oxygen atoms in total. The topological polar surface area (TPSA) is 89.3 Å². The summed E-state index contributed by atoms with van der Waals surface area (Å²) in [7, 11) is 0. The number of aromatic nitrogens is 1. The molecular formula is C17H16BrN5O2S. The van der Waals surface area contributed by atoms with Gasteiger partial charge in [-0.05, 0) is 40.2 Å². The van der Waals surface area contributed by atoms with Gasteiger partial charge in [0.15, 0.2) is 0 Å². The van der Waals surface area contributed by atoms with E-state index in [2.05, 4.69) is 32.3 Å². The van der Waals surface area contributed by atoms with Crippen LogP contribution in [-0.4, -0.2) is 54.4 Å². The van der Waals surface area contributed by atoms with E-state index >= 15 is 0 Å². The smallest absolute Gasteiger partial charge is 0.261 e. The van der Waals surface area contributed by atoms with Gasteiger partial charge in [0, 0.05) is 32.4 Å². The lowest BCUT2D eigenvalue weighted by molar-refractivity contribution is -0.130. The van der Waals surface area contributed by atoms with E-state index < -0.39 is 0 Å². The van der Waals surface area contributed by atoms with E-state index in [-0.39, 0.29) is 18.4 Å². The predicted molar refractivity (Wildman–Crippen MR) is 102 cm³/mol. The van der Waals surface area contributed by atoms with E-state index in [1.165, 1.54) is 11.3 Å². The van der Waals surface area contributed by atoms with Crippen molar-refractivity contribution in [3.8, 4) is 6.07 Å². The van der Waals surface area contributed by atoms with E-state index in [0.29, 0.717) is 42.4 Å². The van der Waals surface area contributed by atoms with Crippen LogP contribution in [0, 0.1) is 11.3 Å². The van der Waals surface area contributed by atoms with Crippen LogP contribution < -0.4 is 10.2 Å². The summed E-state index contributed by atoms with van der Waals surface area (Å²) in [6, 6.07) is 9.12. The molecule has 9 heteroatoms. The van der Waals surface area contributed by atoms with E-state index in [1.54, 1.807) is 35.4 Å². The van der Waals surface area contributed by atoms with E-state index in [4.69, 9.17) is 0 Å². The predicted octanol–water partition coefficient (Wildman–Crippen LogP) is 1.86. The fourth-order valence-corrected chi connectivity index (χ4v) is 4.00. The van der Waals surface area contributed by atoms with Crippen LogP contribution in [0.3, 0.4) is 0 Å². The van der Waals surface area contributed by atoms with E-state index in [1.807, 2.05) is 4.90 Å². The summed E-state index contributed by atoms with van der Waals surface area (Å²) >= 11 is 4.64. The molecule has 1 fully saturated rings. The highest BCUT2D eigenvalue weighted by molar-refractivity contribution is 9.11. The average Bonchev–Trinajstić information content (AvgIpc) is 3.12. The van der Waals surface area contributed by atoms with Crippen molar-refractivity contribution in [2.24, 2.45) is 0 Å². The molecule has 2 amide bonds. The van der Waals surface area contributed by atoms with Gasteiger partial charge in [0.2, 0.25) is 5.91 Å². The number of nitrogens with one attached hydrogen (secondary N) is 1. The molecule has 1 N–H and O–H groups in total. The Kier molecular flexibility index (Phi) is 5.85. The van der Waals surface area contributed by atoms with Crippen LogP contribution in [0.15, 0.2) is 34.2 Å². The molecule has 0 unspecified atom stereocenters. The SMILES string of the molecule is N#Cc1cccnc1N1CCN(C(=O)CNC(=O)c2ccc(Br)s2)CC1. The second kappa shape index (κ2) is 8.29. The number of halogens is 1. The monoisotopic (exact) mass is 433 g/mol. The zero-order valence-electron chi connectivity index (χ0n) is 13.8. The fourth-order valence-electron chi connectivity index (χ4n) is 2.70. The minimum absolute atomic E-state index is 0.0264. The third-order valence-electron chi connectivity index (χ3n) is 4.04. The Morgan fingerprint density at radius 3 is 2.69 bits per heavy atom. The van der Waals surface area contributed by atoms with E-state index in [0.717, 1.165) is 3.79 Å². The molecule has 1 aliphatic heterocycles. The summed E-state index contributed by atoms with van der Waals surface area (Å²) in [4.78, 5) is 32.9. The lowest BCUT2D eigenvalue weighted by Crippen LogP contribution is -2.51. The Bertz CT molecular complexity index is 855. The Balaban J connectivity index is 1.51. The highest BCUT2D eigenvalue weighted by Crippen LogP contribution is 2.22. The first-order valence-corrected chi connectivity index (χ1v) is 9.61. The van der Waals surface area contributed by atoms with Crippen molar-refractivity contribution in [2.75, 3.05) is 37.6 Å². The van der Waals surface area contributed by atoms with Crippen LogP contribution in [0.2, 0.25) is 0 Å². The summed E-state index contributed by atoms with van der Waals surface area (Å²) in [5.74, 6) is 0.286. The molecule has 3 rings (SSSR count). The standard InChI is InChI=1S/C17H16BrN5O2S/c18-14-4-3-13(26-14)17(25)21-11-15(24)22-6-8-23(9-7-22)16-12(10-19)2-1-5-20-16/h1-5H,6-9,11H2,(H,21,25).